The second-order valence-electron chi connectivity index (χ2n) is 3.76. The first-order chi connectivity index (χ1) is 8.72. The molecular formula is C10H9ClN6O. The minimum absolute atomic E-state index is 0.158. The lowest BCUT2D eigenvalue weighted by atomic mass is 10.3. The Morgan fingerprint density at radius 3 is 3.11 bits per heavy atom. The molecule has 3 heterocycles. The summed E-state index contributed by atoms with van der Waals surface area (Å²) in [6, 6.07) is 1.85. The first kappa shape index (κ1) is 11.0. The van der Waals surface area contributed by atoms with Crippen molar-refractivity contribution in [1.29, 1.82) is 0 Å². The van der Waals surface area contributed by atoms with Gasteiger partial charge in [0.15, 0.2) is 5.65 Å². The van der Waals surface area contributed by atoms with Crippen molar-refractivity contribution >= 4 is 28.5 Å². The van der Waals surface area contributed by atoms with Gasteiger partial charge < -0.3 is 9.84 Å². The fourth-order valence-electron chi connectivity index (χ4n) is 1.62. The van der Waals surface area contributed by atoms with Crippen LogP contribution in [-0.2, 0) is 6.54 Å². The molecule has 0 radical (unpaired) electrons. The molecule has 0 spiro atoms. The summed E-state index contributed by atoms with van der Waals surface area (Å²) < 4.78 is 4.98. The van der Waals surface area contributed by atoms with Gasteiger partial charge in [0.1, 0.15) is 17.3 Å². The summed E-state index contributed by atoms with van der Waals surface area (Å²) in [6.07, 6.45) is 1.64. The summed E-state index contributed by atoms with van der Waals surface area (Å²) in [5.41, 5.74) is 1.38. The van der Waals surface area contributed by atoms with Crippen LogP contribution in [0.25, 0.3) is 11.0 Å². The maximum absolute atomic E-state index is 5.82. The number of nitrogens with zero attached hydrogens (tertiary/aromatic N) is 4. The third-order valence-corrected chi connectivity index (χ3v) is 2.57. The van der Waals surface area contributed by atoms with E-state index in [1.807, 2.05) is 13.0 Å². The van der Waals surface area contributed by atoms with E-state index in [1.165, 1.54) is 0 Å². The zero-order valence-corrected chi connectivity index (χ0v) is 10.2. The molecule has 92 valence electrons. The minimum atomic E-state index is 0.158. The van der Waals surface area contributed by atoms with E-state index in [-0.39, 0.29) is 5.28 Å². The Morgan fingerprint density at radius 1 is 1.44 bits per heavy atom. The summed E-state index contributed by atoms with van der Waals surface area (Å²) in [5.74, 6) is 1.38. The average Bonchev–Trinajstić information content (AvgIpc) is 2.94. The van der Waals surface area contributed by atoms with Crippen molar-refractivity contribution in [1.82, 2.24) is 25.3 Å². The van der Waals surface area contributed by atoms with Crippen LogP contribution < -0.4 is 5.32 Å². The molecule has 3 rings (SSSR count). The molecule has 18 heavy (non-hydrogen) atoms. The van der Waals surface area contributed by atoms with E-state index in [1.54, 1.807) is 6.20 Å². The van der Waals surface area contributed by atoms with Crippen LogP contribution in [0, 0.1) is 6.92 Å². The highest BCUT2D eigenvalue weighted by atomic mass is 35.5. The van der Waals surface area contributed by atoms with Crippen LogP contribution in [0.3, 0.4) is 0 Å². The number of aryl methyl sites for hydroxylation is 1. The van der Waals surface area contributed by atoms with Crippen molar-refractivity contribution in [2.75, 3.05) is 5.32 Å². The molecular weight excluding hydrogens is 256 g/mol. The van der Waals surface area contributed by atoms with E-state index in [0.29, 0.717) is 18.0 Å². The number of hydrogen-bond donors (Lipinski definition) is 2. The van der Waals surface area contributed by atoms with E-state index < -0.39 is 0 Å². The molecule has 0 aliphatic carbocycles. The van der Waals surface area contributed by atoms with Gasteiger partial charge in [0.2, 0.25) is 5.28 Å². The standard InChI is InChI=1S/C10H9ClN6O/c1-5-2-6(17-18-5)3-12-8-7-4-13-16-9(7)15-10(11)14-8/h2,4H,3H2,1H3,(H2,12,13,14,15,16). The molecule has 0 unspecified atom stereocenters. The van der Waals surface area contributed by atoms with Crippen LogP contribution in [0.1, 0.15) is 11.5 Å². The van der Waals surface area contributed by atoms with Gasteiger partial charge in [0.25, 0.3) is 0 Å². The van der Waals surface area contributed by atoms with E-state index >= 15 is 0 Å². The van der Waals surface area contributed by atoms with Gasteiger partial charge >= 0.3 is 0 Å². The van der Waals surface area contributed by atoms with Gasteiger partial charge in [-0.2, -0.15) is 15.1 Å². The van der Waals surface area contributed by atoms with Crippen molar-refractivity contribution in [2.45, 2.75) is 13.5 Å². The van der Waals surface area contributed by atoms with Crippen molar-refractivity contribution in [3.05, 3.63) is 29.0 Å². The minimum Gasteiger partial charge on any atom is -0.364 e. The number of H-pyrrole nitrogens is 1. The molecule has 8 heteroatoms. The molecule has 0 saturated heterocycles. The normalized spacial score (nSPS) is 11.0. The molecule has 0 saturated carbocycles. The van der Waals surface area contributed by atoms with E-state index in [0.717, 1.165) is 16.8 Å². The molecule has 2 N–H and O–H groups in total. The van der Waals surface area contributed by atoms with Gasteiger partial charge in [-0.25, -0.2) is 0 Å². The highest BCUT2D eigenvalue weighted by Crippen LogP contribution is 2.20. The van der Waals surface area contributed by atoms with E-state index in [2.05, 4.69) is 30.6 Å². The fourth-order valence-corrected chi connectivity index (χ4v) is 1.79. The summed E-state index contributed by atoms with van der Waals surface area (Å²) in [7, 11) is 0. The van der Waals surface area contributed by atoms with Gasteiger partial charge in [-0.15, -0.1) is 0 Å². The predicted octanol–water partition coefficient (Wildman–Crippen LogP) is 1.91. The van der Waals surface area contributed by atoms with Gasteiger partial charge in [0.05, 0.1) is 18.1 Å². The Hall–Kier alpha value is -2.15. The average molecular weight is 265 g/mol. The Morgan fingerprint density at radius 2 is 2.33 bits per heavy atom. The Kier molecular flexibility index (Phi) is 2.60. The van der Waals surface area contributed by atoms with Crippen LogP contribution in [0.15, 0.2) is 16.8 Å². The first-order valence-corrected chi connectivity index (χ1v) is 5.63. The maximum Gasteiger partial charge on any atom is 0.226 e. The number of anilines is 1. The number of aromatic nitrogens is 5. The third-order valence-electron chi connectivity index (χ3n) is 2.40. The first-order valence-electron chi connectivity index (χ1n) is 5.25. The SMILES string of the molecule is Cc1cc(CNc2nc(Cl)nc3[nH]ncc23)no1. The zero-order valence-electron chi connectivity index (χ0n) is 9.44. The van der Waals surface area contributed by atoms with Crippen LogP contribution in [0.5, 0.6) is 0 Å². The second-order valence-corrected chi connectivity index (χ2v) is 4.09. The summed E-state index contributed by atoms with van der Waals surface area (Å²) in [6.45, 7) is 2.33. The van der Waals surface area contributed by atoms with Crippen molar-refractivity contribution in [3.8, 4) is 0 Å². The predicted molar refractivity (Wildman–Crippen MR) is 65.3 cm³/mol. The Labute approximate surface area is 107 Å². The number of halogens is 1. The van der Waals surface area contributed by atoms with Crippen molar-refractivity contribution < 1.29 is 4.52 Å². The molecule has 3 aromatic heterocycles. The zero-order chi connectivity index (χ0) is 12.5. The molecule has 7 nitrogen and oxygen atoms in total. The molecule has 3 aromatic rings. The van der Waals surface area contributed by atoms with Gasteiger partial charge in [-0.3, -0.25) is 5.10 Å². The highest BCUT2D eigenvalue weighted by molar-refractivity contribution is 6.28. The monoisotopic (exact) mass is 264 g/mol. The number of fused-ring (bicyclic) bond motifs is 1. The number of hydrogen-bond acceptors (Lipinski definition) is 6. The lowest BCUT2D eigenvalue weighted by Crippen LogP contribution is -2.03. The van der Waals surface area contributed by atoms with Gasteiger partial charge in [-0.1, -0.05) is 5.16 Å². The van der Waals surface area contributed by atoms with Crippen LogP contribution in [-0.4, -0.2) is 25.3 Å². The summed E-state index contributed by atoms with van der Waals surface area (Å²) in [4.78, 5) is 8.14. The largest absolute Gasteiger partial charge is 0.364 e. The highest BCUT2D eigenvalue weighted by Gasteiger charge is 2.09. The molecule has 0 amide bonds. The summed E-state index contributed by atoms with van der Waals surface area (Å²) in [5, 5.41) is 14.6. The molecule has 0 bridgehead atoms. The fraction of sp³-hybridized carbons (Fsp3) is 0.200. The van der Waals surface area contributed by atoms with Crippen LogP contribution >= 0.6 is 11.6 Å². The maximum atomic E-state index is 5.82. The van der Waals surface area contributed by atoms with Gasteiger partial charge in [-0.05, 0) is 18.5 Å². The van der Waals surface area contributed by atoms with Crippen molar-refractivity contribution in [3.63, 3.8) is 0 Å². The molecule has 0 atom stereocenters. The second kappa shape index (κ2) is 4.26. The van der Waals surface area contributed by atoms with Gasteiger partial charge in [0, 0.05) is 6.07 Å². The lowest BCUT2D eigenvalue weighted by molar-refractivity contribution is 0.391. The third kappa shape index (κ3) is 2.00. The van der Waals surface area contributed by atoms with E-state index in [9.17, 15) is 0 Å². The number of aromatic amines is 1. The topological polar surface area (TPSA) is 92.5 Å². The Balaban J connectivity index is 1.87. The molecule has 0 fully saturated rings. The molecule has 0 aliphatic heterocycles. The van der Waals surface area contributed by atoms with E-state index in [4.69, 9.17) is 16.1 Å². The molecule has 0 aliphatic rings. The molecule has 0 aromatic carbocycles. The Bertz CT molecular complexity index is 691. The smallest absolute Gasteiger partial charge is 0.226 e. The number of nitrogens with one attached hydrogen (secondary N) is 2. The van der Waals surface area contributed by atoms with Crippen LogP contribution in [0.2, 0.25) is 5.28 Å². The van der Waals surface area contributed by atoms with Crippen LogP contribution in [0.4, 0.5) is 5.82 Å². The van der Waals surface area contributed by atoms with Crippen molar-refractivity contribution in [2.24, 2.45) is 0 Å². The quantitative estimate of drug-likeness (QED) is 0.702. The summed E-state index contributed by atoms with van der Waals surface area (Å²) >= 11 is 5.82. The number of rotatable bonds is 3. The lowest BCUT2D eigenvalue weighted by Gasteiger charge is -2.04.